The van der Waals surface area contributed by atoms with E-state index in [4.69, 9.17) is 5.73 Å². The van der Waals surface area contributed by atoms with Gasteiger partial charge in [0.15, 0.2) is 0 Å². The molecular formula is C8H11BrN2O2S2. The molecule has 0 aliphatic carbocycles. The first-order valence-electron chi connectivity index (χ1n) is 4.54. The molecule has 1 aliphatic rings. The SMILES string of the molecule is NC1CCCN1S(=O)(=O)c1ccc(Br)s1. The standard InChI is InChI=1S/C8H11BrN2O2S2/c9-6-3-4-8(14-6)15(12,13)11-5-1-2-7(11)10/h3-4,7H,1-2,5,10H2. The predicted molar refractivity (Wildman–Crippen MR) is 63.1 cm³/mol. The molecule has 4 nitrogen and oxygen atoms in total. The minimum Gasteiger partial charge on any atom is -0.315 e. The Morgan fingerprint density at radius 1 is 1.53 bits per heavy atom. The highest BCUT2D eigenvalue weighted by atomic mass is 79.9. The molecule has 2 heterocycles. The first kappa shape index (κ1) is 11.5. The van der Waals surface area contributed by atoms with Gasteiger partial charge in [0.05, 0.1) is 9.95 Å². The maximum Gasteiger partial charge on any atom is 0.253 e. The molecule has 0 radical (unpaired) electrons. The van der Waals surface area contributed by atoms with Crippen LogP contribution in [0.3, 0.4) is 0 Å². The van der Waals surface area contributed by atoms with E-state index in [1.54, 1.807) is 12.1 Å². The van der Waals surface area contributed by atoms with Crippen molar-refractivity contribution in [2.75, 3.05) is 6.54 Å². The maximum atomic E-state index is 12.1. The van der Waals surface area contributed by atoms with Crippen molar-refractivity contribution in [3.8, 4) is 0 Å². The van der Waals surface area contributed by atoms with Gasteiger partial charge in [-0.1, -0.05) is 0 Å². The van der Waals surface area contributed by atoms with E-state index in [1.165, 1.54) is 15.6 Å². The molecule has 0 bridgehead atoms. The largest absolute Gasteiger partial charge is 0.315 e. The van der Waals surface area contributed by atoms with Crippen LogP contribution in [0.15, 0.2) is 20.1 Å². The highest BCUT2D eigenvalue weighted by Gasteiger charge is 2.33. The van der Waals surface area contributed by atoms with E-state index < -0.39 is 10.0 Å². The number of rotatable bonds is 2. The summed E-state index contributed by atoms with van der Waals surface area (Å²) in [5.41, 5.74) is 5.75. The van der Waals surface area contributed by atoms with E-state index in [0.29, 0.717) is 10.8 Å². The minimum atomic E-state index is -3.37. The molecule has 0 spiro atoms. The molecule has 1 aromatic heterocycles. The highest BCUT2D eigenvalue weighted by molar-refractivity contribution is 9.11. The molecule has 0 saturated carbocycles. The van der Waals surface area contributed by atoms with Gasteiger partial charge < -0.3 is 5.73 Å². The van der Waals surface area contributed by atoms with Crippen LogP contribution in [0.1, 0.15) is 12.8 Å². The Morgan fingerprint density at radius 2 is 2.27 bits per heavy atom. The summed E-state index contributed by atoms with van der Waals surface area (Å²) in [6.07, 6.45) is 1.22. The second-order valence-corrected chi connectivity index (χ2v) is 7.96. The second-order valence-electron chi connectivity index (χ2n) is 3.38. The zero-order valence-corrected chi connectivity index (χ0v) is 11.1. The third-order valence-electron chi connectivity index (χ3n) is 2.36. The van der Waals surface area contributed by atoms with E-state index in [2.05, 4.69) is 15.9 Å². The number of thiophene rings is 1. The van der Waals surface area contributed by atoms with Gasteiger partial charge in [0.25, 0.3) is 10.0 Å². The highest BCUT2D eigenvalue weighted by Crippen LogP contribution is 2.30. The normalized spacial score (nSPS) is 23.5. The van der Waals surface area contributed by atoms with Gasteiger partial charge >= 0.3 is 0 Å². The zero-order chi connectivity index (χ0) is 11.1. The third kappa shape index (κ3) is 2.12. The van der Waals surface area contributed by atoms with Crippen LogP contribution in [0.5, 0.6) is 0 Å². The molecule has 84 valence electrons. The Labute approximate surface area is 101 Å². The summed E-state index contributed by atoms with van der Waals surface area (Å²) in [6, 6.07) is 3.34. The number of nitrogens with zero attached hydrogens (tertiary/aromatic N) is 1. The lowest BCUT2D eigenvalue weighted by molar-refractivity contribution is 0.397. The number of hydrogen-bond donors (Lipinski definition) is 1. The molecule has 0 aromatic carbocycles. The van der Waals surface area contributed by atoms with Crippen molar-refractivity contribution in [2.24, 2.45) is 5.73 Å². The Kier molecular flexibility index (Phi) is 3.18. The fourth-order valence-corrected chi connectivity index (χ4v) is 5.34. The van der Waals surface area contributed by atoms with Crippen molar-refractivity contribution >= 4 is 37.3 Å². The van der Waals surface area contributed by atoms with Crippen molar-refractivity contribution in [1.29, 1.82) is 0 Å². The van der Waals surface area contributed by atoms with E-state index in [-0.39, 0.29) is 6.17 Å². The summed E-state index contributed by atoms with van der Waals surface area (Å²) < 4.78 is 26.7. The molecular weight excluding hydrogens is 300 g/mol. The summed E-state index contributed by atoms with van der Waals surface area (Å²) in [5.74, 6) is 0. The van der Waals surface area contributed by atoms with Gasteiger partial charge in [-0.15, -0.1) is 11.3 Å². The number of sulfonamides is 1. The molecule has 1 fully saturated rings. The van der Waals surface area contributed by atoms with E-state index >= 15 is 0 Å². The van der Waals surface area contributed by atoms with Gasteiger partial charge in [0.2, 0.25) is 0 Å². The van der Waals surface area contributed by atoms with Gasteiger partial charge in [0.1, 0.15) is 4.21 Å². The van der Waals surface area contributed by atoms with E-state index in [9.17, 15) is 8.42 Å². The van der Waals surface area contributed by atoms with Crippen LogP contribution in [-0.2, 0) is 10.0 Å². The molecule has 0 amide bonds. The zero-order valence-electron chi connectivity index (χ0n) is 7.89. The second kappa shape index (κ2) is 4.14. The summed E-state index contributed by atoms with van der Waals surface area (Å²) in [6.45, 7) is 0.527. The van der Waals surface area contributed by atoms with E-state index in [0.717, 1.165) is 16.6 Å². The van der Waals surface area contributed by atoms with Crippen LogP contribution in [0, 0.1) is 0 Å². The van der Waals surface area contributed by atoms with Gasteiger partial charge in [0, 0.05) is 6.54 Å². The smallest absolute Gasteiger partial charge is 0.253 e. The maximum absolute atomic E-state index is 12.1. The van der Waals surface area contributed by atoms with Crippen molar-refractivity contribution in [3.63, 3.8) is 0 Å². The Hall–Kier alpha value is 0.0500. The lowest BCUT2D eigenvalue weighted by Gasteiger charge is -2.19. The average Bonchev–Trinajstić information content (AvgIpc) is 2.74. The van der Waals surface area contributed by atoms with Crippen molar-refractivity contribution in [1.82, 2.24) is 4.31 Å². The first-order valence-corrected chi connectivity index (χ1v) is 7.59. The van der Waals surface area contributed by atoms with Gasteiger partial charge in [-0.3, -0.25) is 0 Å². The van der Waals surface area contributed by atoms with Gasteiger partial charge in [-0.2, -0.15) is 4.31 Å². The molecule has 1 unspecified atom stereocenters. The van der Waals surface area contributed by atoms with Crippen LogP contribution in [-0.4, -0.2) is 25.4 Å². The monoisotopic (exact) mass is 310 g/mol. The molecule has 1 aromatic rings. The predicted octanol–water partition coefficient (Wildman–Crippen LogP) is 1.58. The lowest BCUT2D eigenvalue weighted by atomic mass is 10.3. The first-order chi connectivity index (χ1) is 7.01. The molecule has 2 rings (SSSR count). The van der Waals surface area contributed by atoms with Gasteiger partial charge in [-0.05, 0) is 40.9 Å². The summed E-state index contributed by atoms with van der Waals surface area (Å²) in [7, 11) is -3.37. The fraction of sp³-hybridized carbons (Fsp3) is 0.500. The summed E-state index contributed by atoms with van der Waals surface area (Å²) in [5, 5.41) is 0. The molecule has 1 saturated heterocycles. The number of halogens is 1. The molecule has 1 aliphatic heterocycles. The quantitative estimate of drug-likeness (QED) is 0.902. The van der Waals surface area contributed by atoms with Crippen LogP contribution in [0.2, 0.25) is 0 Å². The van der Waals surface area contributed by atoms with Crippen LogP contribution in [0.4, 0.5) is 0 Å². The molecule has 15 heavy (non-hydrogen) atoms. The van der Waals surface area contributed by atoms with Crippen LogP contribution in [0.25, 0.3) is 0 Å². The van der Waals surface area contributed by atoms with Crippen LogP contribution >= 0.6 is 27.3 Å². The topological polar surface area (TPSA) is 63.4 Å². The molecule has 1 atom stereocenters. The Morgan fingerprint density at radius 3 is 2.73 bits per heavy atom. The van der Waals surface area contributed by atoms with Gasteiger partial charge in [-0.25, -0.2) is 8.42 Å². The van der Waals surface area contributed by atoms with Crippen molar-refractivity contribution < 1.29 is 8.42 Å². The lowest BCUT2D eigenvalue weighted by Crippen LogP contribution is -2.40. The van der Waals surface area contributed by atoms with Crippen LogP contribution < -0.4 is 5.73 Å². The summed E-state index contributed by atoms with van der Waals surface area (Å²) in [4.78, 5) is 0. The van der Waals surface area contributed by atoms with E-state index in [1.807, 2.05) is 0 Å². The third-order valence-corrected chi connectivity index (χ3v) is 6.38. The number of hydrogen-bond acceptors (Lipinski definition) is 4. The van der Waals surface area contributed by atoms with Crippen molar-refractivity contribution in [2.45, 2.75) is 23.2 Å². The average molecular weight is 311 g/mol. The molecule has 2 N–H and O–H groups in total. The fourth-order valence-electron chi connectivity index (χ4n) is 1.62. The Balaban J connectivity index is 2.34. The molecule has 7 heteroatoms. The summed E-state index contributed by atoms with van der Waals surface area (Å²) >= 11 is 4.47. The number of nitrogens with two attached hydrogens (primary N) is 1. The minimum absolute atomic E-state index is 0.353. The van der Waals surface area contributed by atoms with Crippen molar-refractivity contribution in [3.05, 3.63) is 15.9 Å². The Bertz CT molecular complexity index is 457.